The van der Waals surface area contributed by atoms with Crippen LogP contribution in [-0.4, -0.2) is 96.2 Å². The summed E-state index contributed by atoms with van der Waals surface area (Å²) in [5, 5.41) is 49.5. The highest BCUT2D eigenvalue weighted by Gasteiger charge is 2.64. The van der Waals surface area contributed by atoms with E-state index in [0.717, 1.165) is 0 Å². The van der Waals surface area contributed by atoms with E-state index in [2.05, 4.69) is 9.88 Å². The molecule has 1 heterocycles. The lowest BCUT2D eigenvalue weighted by molar-refractivity contribution is -0.153. The monoisotopic (exact) mass is 661 g/mol. The summed E-state index contributed by atoms with van der Waals surface area (Å²) in [4.78, 5) is 42.6. The maximum absolute atomic E-state index is 14.1. The molecule has 1 fully saturated rings. The molecule has 0 radical (unpaired) electrons. The van der Waals surface area contributed by atoms with E-state index in [-0.39, 0.29) is 53.3 Å². The topological polar surface area (TPSA) is 237 Å². The van der Waals surface area contributed by atoms with Gasteiger partial charge in [-0.3, -0.25) is 19.3 Å². The third kappa shape index (κ3) is 4.87. The number of Topliss-reactive ketones (excluding diaryl/α,β-unsaturated/α-hetero) is 2. The van der Waals surface area contributed by atoms with Crippen molar-refractivity contribution in [3.8, 4) is 5.75 Å². The van der Waals surface area contributed by atoms with Crippen LogP contribution in [0.25, 0.3) is 5.76 Å². The minimum absolute atomic E-state index is 0. The van der Waals surface area contributed by atoms with E-state index in [9.17, 15) is 43.2 Å². The standard InChI is InChI=1S/C29H35N5O10S.CH4/c1-11-25(12(2)44-32-11)45(42,43)31-10-14-9-17(33(3)4)15-7-13-8-16-21(34(5)6)24(37)20(28(30)40)27(39)29(16,41)26(38)18(13)23(36)19(15)22(14)35;/h9,13,16,21,31,35-36,39,41H,7-8,10H2,1-6H3,(H2,30,40);1H4/t13-,16-,21-,29-;/m0./s1. The Balaban J connectivity index is 0.00000480. The molecule has 5 rings (SSSR count). The molecular weight excluding hydrogens is 622 g/mol. The molecule has 2 aromatic rings. The third-order valence-corrected chi connectivity index (χ3v) is 10.6. The predicted molar refractivity (Wildman–Crippen MR) is 165 cm³/mol. The van der Waals surface area contributed by atoms with Gasteiger partial charge in [-0.1, -0.05) is 12.6 Å². The van der Waals surface area contributed by atoms with Gasteiger partial charge < -0.3 is 35.6 Å². The second kappa shape index (κ2) is 11.5. The number of hydrogen-bond donors (Lipinski definition) is 6. The quantitative estimate of drug-likeness (QED) is 0.225. The number of likely N-dealkylation sites (N-methyl/N-ethyl adjacent to an activating group) is 1. The molecule has 3 aliphatic carbocycles. The van der Waals surface area contributed by atoms with E-state index >= 15 is 0 Å². The number of primary amides is 1. The fourth-order valence-electron chi connectivity index (χ4n) is 6.98. The molecule has 16 heteroatoms. The number of benzene rings is 1. The molecule has 46 heavy (non-hydrogen) atoms. The van der Waals surface area contributed by atoms with Gasteiger partial charge in [0, 0.05) is 43.4 Å². The number of carbonyl (C=O) groups excluding carboxylic acids is 3. The number of nitrogens with one attached hydrogen (secondary N) is 1. The molecule has 1 aromatic heterocycles. The number of ketones is 2. The smallest absolute Gasteiger partial charge is 0.255 e. The van der Waals surface area contributed by atoms with Crippen LogP contribution in [0.4, 0.5) is 5.69 Å². The Morgan fingerprint density at radius 2 is 1.80 bits per heavy atom. The number of phenolic OH excluding ortho intramolecular Hbond substituents is 1. The van der Waals surface area contributed by atoms with Gasteiger partial charge in [0.25, 0.3) is 5.91 Å². The summed E-state index contributed by atoms with van der Waals surface area (Å²) in [6.45, 7) is 2.49. The number of carbonyl (C=O) groups is 3. The van der Waals surface area contributed by atoms with E-state index in [4.69, 9.17) is 10.3 Å². The molecule has 1 aromatic carbocycles. The highest BCUT2D eigenvalue weighted by atomic mass is 32.2. The zero-order chi connectivity index (χ0) is 33.5. The van der Waals surface area contributed by atoms with E-state index in [1.165, 1.54) is 32.8 Å². The Morgan fingerprint density at radius 1 is 1.17 bits per heavy atom. The Kier molecular flexibility index (Phi) is 8.67. The average molecular weight is 662 g/mol. The number of nitrogens with zero attached hydrogens (tertiary/aromatic N) is 3. The van der Waals surface area contributed by atoms with E-state index in [1.807, 2.05) is 0 Å². The van der Waals surface area contributed by atoms with Crippen molar-refractivity contribution >= 4 is 38.9 Å². The van der Waals surface area contributed by atoms with Crippen molar-refractivity contribution in [2.24, 2.45) is 17.6 Å². The molecule has 1 saturated carbocycles. The molecule has 0 saturated heterocycles. The van der Waals surface area contributed by atoms with Gasteiger partial charge >= 0.3 is 0 Å². The number of aromatic nitrogens is 1. The van der Waals surface area contributed by atoms with Crippen LogP contribution in [0, 0.1) is 25.7 Å². The minimum atomic E-state index is -4.14. The molecule has 0 spiro atoms. The highest BCUT2D eigenvalue weighted by molar-refractivity contribution is 7.89. The van der Waals surface area contributed by atoms with Gasteiger partial charge in [-0.25, -0.2) is 13.1 Å². The van der Waals surface area contributed by atoms with Crippen LogP contribution in [0.2, 0.25) is 0 Å². The summed E-state index contributed by atoms with van der Waals surface area (Å²) in [5.74, 6) is -7.56. The summed E-state index contributed by atoms with van der Waals surface area (Å²) in [5.41, 5.74) is 2.40. The Hall–Kier alpha value is -4.25. The molecule has 7 N–H and O–H groups in total. The van der Waals surface area contributed by atoms with Crippen molar-refractivity contribution in [3.63, 3.8) is 0 Å². The highest BCUT2D eigenvalue weighted by Crippen LogP contribution is 2.54. The lowest BCUT2D eigenvalue weighted by Gasteiger charge is -2.50. The normalized spacial score (nSPS) is 24.4. The van der Waals surface area contributed by atoms with Crippen molar-refractivity contribution in [1.29, 1.82) is 0 Å². The van der Waals surface area contributed by atoms with Crippen LogP contribution in [0.1, 0.15) is 42.0 Å². The summed E-state index contributed by atoms with van der Waals surface area (Å²) in [6, 6.07) is 0.362. The number of aliphatic hydroxyl groups is 3. The Morgan fingerprint density at radius 3 is 2.33 bits per heavy atom. The number of sulfonamides is 1. The van der Waals surface area contributed by atoms with Crippen LogP contribution in [0.5, 0.6) is 5.75 Å². The minimum Gasteiger partial charge on any atom is -0.508 e. The number of phenols is 1. The first-order valence-electron chi connectivity index (χ1n) is 14.0. The number of anilines is 1. The van der Waals surface area contributed by atoms with Gasteiger partial charge in [0.15, 0.2) is 17.1 Å². The molecule has 1 amide bonds. The van der Waals surface area contributed by atoms with Gasteiger partial charge in [-0.05, 0) is 58.3 Å². The summed E-state index contributed by atoms with van der Waals surface area (Å²) >= 11 is 0. The first-order chi connectivity index (χ1) is 20.9. The number of rotatable bonds is 7. The van der Waals surface area contributed by atoms with Gasteiger partial charge in [0.05, 0.1) is 11.6 Å². The number of aryl methyl sites for hydroxylation is 2. The van der Waals surface area contributed by atoms with Gasteiger partial charge in [-0.2, -0.15) is 0 Å². The zero-order valence-corrected chi connectivity index (χ0v) is 26.3. The average Bonchev–Trinajstić information content (AvgIpc) is 3.28. The predicted octanol–water partition coefficient (Wildman–Crippen LogP) is 0.749. The van der Waals surface area contributed by atoms with Gasteiger partial charge in [0.2, 0.25) is 15.8 Å². The fraction of sp³-hybridized carbons (Fsp3) is 0.467. The fourth-order valence-corrected chi connectivity index (χ4v) is 8.31. The molecule has 0 unspecified atom stereocenters. The maximum Gasteiger partial charge on any atom is 0.255 e. The second-order valence-electron chi connectivity index (χ2n) is 12.1. The molecule has 15 nitrogen and oxygen atoms in total. The Labute approximate surface area is 266 Å². The third-order valence-electron chi connectivity index (χ3n) is 8.95. The van der Waals surface area contributed by atoms with Crippen molar-refractivity contribution in [2.75, 3.05) is 33.1 Å². The SMILES string of the molecule is C.Cc1noc(C)c1S(=O)(=O)NCc1cc(N(C)C)c2c(c1O)C(O)=C1C(=O)[C@]3(O)C(O)=C(C(N)=O)C(=O)[C@@H](N(C)C)[C@@H]3C[C@@H]1C2. The van der Waals surface area contributed by atoms with Crippen LogP contribution < -0.4 is 15.4 Å². The number of hydrogen-bond acceptors (Lipinski definition) is 13. The number of aliphatic hydroxyl groups excluding tert-OH is 2. The van der Waals surface area contributed by atoms with Crippen LogP contribution in [-0.2, 0) is 37.4 Å². The largest absolute Gasteiger partial charge is 0.508 e. The number of nitrogens with two attached hydrogens (primary N) is 1. The van der Waals surface area contributed by atoms with E-state index in [1.54, 1.807) is 25.1 Å². The van der Waals surface area contributed by atoms with Gasteiger partial charge in [-0.15, -0.1) is 0 Å². The maximum atomic E-state index is 14.1. The molecule has 0 aliphatic heterocycles. The molecule has 0 bridgehead atoms. The lowest BCUT2D eigenvalue weighted by Crippen LogP contribution is -2.65. The molecule has 250 valence electrons. The van der Waals surface area contributed by atoms with Crippen LogP contribution in [0.3, 0.4) is 0 Å². The first-order valence-corrected chi connectivity index (χ1v) is 15.5. The molecule has 4 atom stereocenters. The zero-order valence-electron chi connectivity index (χ0n) is 25.5. The molecule has 3 aliphatic rings. The van der Waals surface area contributed by atoms with E-state index < -0.39 is 80.4 Å². The van der Waals surface area contributed by atoms with Gasteiger partial charge in [0.1, 0.15) is 33.4 Å². The number of amides is 1. The summed E-state index contributed by atoms with van der Waals surface area (Å²) in [7, 11) is 2.33. The van der Waals surface area contributed by atoms with Crippen molar-refractivity contribution in [1.82, 2.24) is 14.8 Å². The molecular formula is C30H39N5O10S. The van der Waals surface area contributed by atoms with Crippen LogP contribution >= 0.6 is 0 Å². The number of aromatic hydroxyl groups is 1. The van der Waals surface area contributed by atoms with Crippen molar-refractivity contribution in [2.45, 2.75) is 57.2 Å². The summed E-state index contributed by atoms with van der Waals surface area (Å²) in [6.07, 6.45) is 0.0269. The van der Waals surface area contributed by atoms with Crippen molar-refractivity contribution < 1.29 is 47.8 Å². The van der Waals surface area contributed by atoms with E-state index in [0.29, 0.717) is 11.3 Å². The Bertz CT molecular complexity index is 1820. The number of fused-ring (bicyclic) bond motifs is 3. The summed E-state index contributed by atoms with van der Waals surface area (Å²) < 4.78 is 33.5. The first kappa shape index (κ1) is 34.6. The second-order valence-corrected chi connectivity index (χ2v) is 13.8. The van der Waals surface area contributed by atoms with Crippen LogP contribution in [0.15, 0.2) is 32.4 Å². The van der Waals surface area contributed by atoms with Crippen molar-refractivity contribution in [3.05, 3.63) is 51.1 Å². The lowest BCUT2D eigenvalue weighted by atomic mass is 9.57.